The Kier molecular flexibility index (Phi) is 16.0. The molecule has 0 amide bonds. The van der Waals surface area contributed by atoms with Crippen LogP contribution in [0.2, 0.25) is 0 Å². The first kappa shape index (κ1) is 47.5. The molecule has 2 aliphatic rings. The molecule has 324 valence electrons. The van der Waals surface area contributed by atoms with Gasteiger partial charge in [-0.1, -0.05) is 58.1 Å². The van der Waals surface area contributed by atoms with Crippen LogP contribution in [0.1, 0.15) is 118 Å². The van der Waals surface area contributed by atoms with E-state index in [1.54, 1.807) is 6.07 Å². The number of allylic oxidation sites excluding steroid dienone is 6. The number of anilines is 1. The van der Waals surface area contributed by atoms with Gasteiger partial charge in [-0.3, -0.25) is 13.9 Å². The van der Waals surface area contributed by atoms with Gasteiger partial charge >= 0.3 is 11.9 Å². The lowest BCUT2D eigenvalue weighted by Crippen LogP contribution is -2.29. The Bertz CT molecular complexity index is 2220. The van der Waals surface area contributed by atoms with E-state index < -0.39 is 48.8 Å². The van der Waals surface area contributed by atoms with Crippen LogP contribution in [0.25, 0.3) is 0 Å². The largest absolute Gasteiger partial charge is 0.462 e. The third-order valence-electron chi connectivity index (χ3n) is 10.1. The summed E-state index contributed by atoms with van der Waals surface area (Å²) in [6, 6.07) is 9.19. The SMILES string of the molecule is CCCOC(=O)c1cc(C(=O)OCCC)c2c(c1)N(CCCS(=O)(=O)O)C(=CC=CC=CC1=[N+](CCCS(=O)(=O)O)c3cccc(CONC(C)C)c3C1(C)C)C2(C)C. The summed E-state index contributed by atoms with van der Waals surface area (Å²) in [4.78, 5) is 34.4. The summed E-state index contributed by atoms with van der Waals surface area (Å²) in [5.41, 5.74) is 7.68. The Hall–Kier alpha value is -4.19. The van der Waals surface area contributed by atoms with E-state index in [4.69, 9.17) is 14.3 Å². The van der Waals surface area contributed by atoms with Gasteiger partial charge in [-0.15, -0.1) is 0 Å². The number of fused-ring (bicyclic) bond motifs is 2. The molecule has 0 unspecified atom stereocenters. The topological polar surface area (TPSA) is 189 Å². The molecule has 4 rings (SSSR count). The highest BCUT2D eigenvalue weighted by Gasteiger charge is 2.46. The second-order valence-corrected chi connectivity index (χ2v) is 19.2. The van der Waals surface area contributed by atoms with Crippen molar-refractivity contribution in [2.75, 3.05) is 42.7 Å². The number of carbonyl (C=O) groups excluding carboxylic acids is 2. The van der Waals surface area contributed by atoms with Crippen LogP contribution >= 0.6 is 0 Å². The van der Waals surface area contributed by atoms with Crippen LogP contribution in [0.4, 0.5) is 11.4 Å². The zero-order valence-corrected chi connectivity index (χ0v) is 37.0. The minimum atomic E-state index is -4.27. The Morgan fingerprint density at radius 1 is 0.864 bits per heavy atom. The van der Waals surface area contributed by atoms with Gasteiger partial charge in [0.25, 0.3) is 20.2 Å². The van der Waals surface area contributed by atoms with Crippen molar-refractivity contribution in [3.05, 3.63) is 94.2 Å². The molecule has 14 nitrogen and oxygen atoms in total. The molecule has 0 saturated heterocycles. The fourth-order valence-electron chi connectivity index (χ4n) is 7.70. The maximum absolute atomic E-state index is 13.6. The molecule has 2 aromatic rings. The second-order valence-electron chi connectivity index (χ2n) is 16.1. The maximum Gasteiger partial charge on any atom is 0.338 e. The monoisotopic (exact) mass is 858 g/mol. The highest BCUT2D eigenvalue weighted by atomic mass is 32.2. The summed E-state index contributed by atoms with van der Waals surface area (Å²) < 4.78 is 78.9. The number of rotatable bonds is 21. The third kappa shape index (κ3) is 12.0. The van der Waals surface area contributed by atoms with E-state index in [0.717, 1.165) is 22.5 Å². The quantitative estimate of drug-likeness (QED) is 0.0384. The van der Waals surface area contributed by atoms with Crippen LogP contribution in [0.5, 0.6) is 0 Å². The van der Waals surface area contributed by atoms with E-state index in [1.165, 1.54) is 6.07 Å². The maximum atomic E-state index is 13.6. The number of ether oxygens (including phenoxy) is 2. The van der Waals surface area contributed by atoms with Crippen molar-refractivity contribution < 1.29 is 54.4 Å². The fraction of sp³-hybridized carbons (Fsp3) is 0.512. The van der Waals surface area contributed by atoms with E-state index in [9.17, 15) is 35.5 Å². The molecule has 3 N–H and O–H groups in total. The molecule has 0 aromatic heterocycles. The first-order valence-electron chi connectivity index (χ1n) is 20.0. The molecule has 0 fully saturated rings. The summed E-state index contributed by atoms with van der Waals surface area (Å²) in [7, 11) is -8.43. The molecule has 0 atom stereocenters. The third-order valence-corrected chi connectivity index (χ3v) is 11.7. The first-order chi connectivity index (χ1) is 27.6. The van der Waals surface area contributed by atoms with Gasteiger partial charge in [0, 0.05) is 59.1 Å². The lowest BCUT2D eigenvalue weighted by molar-refractivity contribution is -0.437. The molecule has 0 bridgehead atoms. The first-order valence-corrected chi connectivity index (χ1v) is 23.3. The van der Waals surface area contributed by atoms with Gasteiger partial charge < -0.3 is 14.4 Å². The summed E-state index contributed by atoms with van der Waals surface area (Å²) in [5.74, 6) is -2.08. The zero-order valence-electron chi connectivity index (χ0n) is 35.4. The van der Waals surface area contributed by atoms with Gasteiger partial charge in [0.05, 0.1) is 47.9 Å². The number of nitrogens with zero attached hydrogens (tertiary/aromatic N) is 2. The zero-order chi connectivity index (χ0) is 43.8. The van der Waals surface area contributed by atoms with Gasteiger partial charge in [-0.25, -0.2) is 9.59 Å². The van der Waals surface area contributed by atoms with Gasteiger partial charge in [0.1, 0.15) is 6.54 Å². The minimum Gasteiger partial charge on any atom is -0.462 e. The van der Waals surface area contributed by atoms with Crippen LogP contribution in [-0.4, -0.2) is 92.0 Å². The molecule has 16 heteroatoms. The van der Waals surface area contributed by atoms with Gasteiger partial charge in [-0.2, -0.15) is 26.9 Å². The summed E-state index contributed by atoms with van der Waals surface area (Å²) in [6.07, 6.45) is 10.8. The van der Waals surface area contributed by atoms with Crippen molar-refractivity contribution in [3.63, 3.8) is 0 Å². The smallest absolute Gasteiger partial charge is 0.338 e. The van der Waals surface area contributed by atoms with Gasteiger partial charge in [0.2, 0.25) is 5.69 Å². The highest BCUT2D eigenvalue weighted by Crippen LogP contribution is 2.50. The average Bonchev–Trinajstić information content (AvgIpc) is 3.49. The number of hydrogen-bond donors (Lipinski definition) is 3. The van der Waals surface area contributed by atoms with Crippen molar-refractivity contribution >= 4 is 49.3 Å². The molecule has 59 heavy (non-hydrogen) atoms. The number of hydrogen-bond acceptors (Lipinski definition) is 11. The van der Waals surface area contributed by atoms with Crippen molar-refractivity contribution in [2.45, 2.75) is 105 Å². The summed E-state index contributed by atoms with van der Waals surface area (Å²) in [5, 5.41) is 0. The van der Waals surface area contributed by atoms with Crippen LogP contribution in [0.15, 0.2) is 66.4 Å². The van der Waals surface area contributed by atoms with Crippen molar-refractivity contribution in [2.24, 2.45) is 0 Å². The number of hydroxylamine groups is 1. The van der Waals surface area contributed by atoms with Crippen LogP contribution < -0.4 is 10.4 Å². The van der Waals surface area contributed by atoms with Gasteiger partial charge in [-0.05, 0) is 70.7 Å². The Labute approximate surface area is 349 Å². The molecule has 2 aromatic carbocycles. The molecule has 0 saturated carbocycles. The molecule has 2 aliphatic heterocycles. The van der Waals surface area contributed by atoms with Crippen molar-refractivity contribution in [3.8, 4) is 0 Å². The number of nitrogens with one attached hydrogen (secondary N) is 1. The van der Waals surface area contributed by atoms with Crippen LogP contribution in [0.3, 0.4) is 0 Å². The number of esters is 2. The number of benzene rings is 2. The standard InChI is InChI=1S/C43H59N3O11S2/c1-9-23-55-40(47)32-27-33(41(48)56-24-10-2)39-35(28-32)46(22-16-26-59(52,53)54)37(43(39,7)8)20-13-11-12-19-36-42(5,6)38-31(29-57-44-30(3)4)17-14-18-34(38)45(36)21-15-25-58(49,50)51/h11-14,17-20,27-28,30,44H,9-10,15-16,21-26,29H2,1-8H3,(H-,49,50,51,52,53,54)/p+1. The Morgan fingerprint density at radius 3 is 2.14 bits per heavy atom. The highest BCUT2D eigenvalue weighted by molar-refractivity contribution is 7.86. The molecule has 0 radical (unpaired) electrons. The predicted molar refractivity (Wildman–Crippen MR) is 229 cm³/mol. The van der Waals surface area contributed by atoms with Crippen LogP contribution in [-0.2, 0) is 52.0 Å². The Balaban J connectivity index is 1.79. The van der Waals surface area contributed by atoms with Crippen LogP contribution in [0, 0.1) is 0 Å². The van der Waals surface area contributed by atoms with E-state index in [1.807, 2.05) is 95.0 Å². The summed E-state index contributed by atoms with van der Waals surface area (Å²) in [6.45, 7) is 16.9. The second kappa shape index (κ2) is 19.9. The Morgan fingerprint density at radius 2 is 1.51 bits per heavy atom. The summed E-state index contributed by atoms with van der Waals surface area (Å²) >= 11 is 0. The van der Waals surface area contributed by atoms with E-state index in [-0.39, 0.29) is 55.5 Å². The van der Waals surface area contributed by atoms with E-state index in [0.29, 0.717) is 42.9 Å². The average molecular weight is 859 g/mol. The molecule has 0 aliphatic carbocycles. The molecular formula is C43H60N3O11S2+. The van der Waals surface area contributed by atoms with Crippen molar-refractivity contribution in [1.29, 1.82) is 0 Å². The van der Waals surface area contributed by atoms with Crippen molar-refractivity contribution in [1.82, 2.24) is 5.48 Å². The minimum absolute atomic E-state index is 0.0529. The molecule has 0 spiro atoms. The molecule has 2 heterocycles. The lowest BCUT2D eigenvalue weighted by atomic mass is 9.79. The normalized spacial score (nSPS) is 16.8. The predicted octanol–water partition coefficient (Wildman–Crippen LogP) is 6.98. The van der Waals surface area contributed by atoms with E-state index >= 15 is 0 Å². The fourth-order valence-corrected chi connectivity index (χ4v) is 8.69. The molecular weight excluding hydrogens is 799 g/mol. The van der Waals surface area contributed by atoms with Gasteiger partial charge in [0.15, 0.2) is 5.71 Å². The number of carbonyl (C=O) groups is 2. The lowest BCUT2D eigenvalue weighted by Gasteiger charge is -2.27. The van der Waals surface area contributed by atoms with E-state index in [2.05, 4.69) is 23.9 Å².